The van der Waals surface area contributed by atoms with Crippen LogP contribution in [0.4, 0.5) is 5.69 Å². The molecule has 0 aliphatic heterocycles. The first kappa shape index (κ1) is 15.9. The molecule has 2 aromatic rings. The van der Waals surface area contributed by atoms with Gasteiger partial charge in [0.2, 0.25) is 5.03 Å². The molecule has 1 aromatic carbocycles. The van der Waals surface area contributed by atoms with Gasteiger partial charge in [0.05, 0.1) is 0 Å². The SMILES string of the molecule is CNc1ccccc1.Cc1ccnc(S(=O)(=O)O)c1O. The lowest BCUT2D eigenvalue weighted by molar-refractivity contribution is 0.432. The summed E-state index contributed by atoms with van der Waals surface area (Å²) in [4.78, 5) is 3.32. The number of nitrogens with one attached hydrogen (secondary N) is 1. The van der Waals surface area contributed by atoms with E-state index < -0.39 is 20.9 Å². The molecule has 2 rings (SSSR count). The predicted molar refractivity (Wildman–Crippen MR) is 76.4 cm³/mol. The van der Waals surface area contributed by atoms with E-state index in [0.29, 0.717) is 5.56 Å². The summed E-state index contributed by atoms with van der Waals surface area (Å²) in [5.41, 5.74) is 1.50. The lowest BCUT2D eigenvalue weighted by atomic mass is 10.3. The van der Waals surface area contributed by atoms with Crippen LogP contribution in [0.2, 0.25) is 0 Å². The van der Waals surface area contributed by atoms with Gasteiger partial charge in [-0.1, -0.05) is 18.2 Å². The van der Waals surface area contributed by atoms with Crippen molar-refractivity contribution in [3.8, 4) is 5.75 Å². The van der Waals surface area contributed by atoms with E-state index in [9.17, 15) is 8.42 Å². The highest BCUT2D eigenvalue weighted by molar-refractivity contribution is 7.85. The molecule has 0 fully saturated rings. The van der Waals surface area contributed by atoms with Gasteiger partial charge in [-0.2, -0.15) is 8.42 Å². The monoisotopic (exact) mass is 296 g/mol. The first-order chi connectivity index (χ1) is 9.36. The topological polar surface area (TPSA) is 99.5 Å². The number of rotatable bonds is 2. The fourth-order valence-corrected chi connectivity index (χ4v) is 1.92. The minimum Gasteiger partial charge on any atom is -0.505 e. The lowest BCUT2D eigenvalue weighted by Crippen LogP contribution is -2.01. The van der Waals surface area contributed by atoms with Crippen LogP contribution >= 0.6 is 0 Å². The number of pyridine rings is 1. The Morgan fingerprint density at radius 3 is 2.15 bits per heavy atom. The summed E-state index contributed by atoms with van der Waals surface area (Å²) < 4.78 is 29.6. The molecule has 0 aliphatic carbocycles. The normalized spacial score (nSPS) is 10.3. The Kier molecular flexibility index (Phi) is 5.48. The van der Waals surface area contributed by atoms with Crippen LogP contribution in [0.15, 0.2) is 47.6 Å². The first-order valence-corrected chi connectivity index (χ1v) is 7.15. The Hall–Kier alpha value is -2.12. The molecular formula is C13H16N2O4S. The molecule has 7 heteroatoms. The molecular weight excluding hydrogens is 280 g/mol. The molecule has 108 valence electrons. The molecule has 1 heterocycles. The van der Waals surface area contributed by atoms with Gasteiger partial charge in [0.25, 0.3) is 0 Å². The second kappa shape index (κ2) is 6.88. The van der Waals surface area contributed by atoms with Gasteiger partial charge in [-0.25, -0.2) is 4.98 Å². The van der Waals surface area contributed by atoms with Crippen molar-refractivity contribution in [2.75, 3.05) is 12.4 Å². The van der Waals surface area contributed by atoms with Crippen LogP contribution in [0.25, 0.3) is 0 Å². The van der Waals surface area contributed by atoms with Crippen molar-refractivity contribution in [3.63, 3.8) is 0 Å². The number of para-hydroxylation sites is 1. The van der Waals surface area contributed by atoms with Crippen molar-refractivity contribution < 1.29 is 18.1 Å². The Morgan fingerprint density at radius 1 is 1.15 bits per heavy atom. The maximum Gasteiger partial charge on any atom is 0.315 e. The molecule has 0 saturated carbocycles. The smallest absolute Gasteiger partial charge is 0.315 e. The average Bonchev–Trinajstić information content (AvgIpc) is 2.42. The average molecular weight is 296 g/mol. The molecule has 0 amide bonds. The largest absolute Gasteiger partial charge is 0.505 e. The standard InChI is InChI=1S/C7H9N.C6H7NO4S/c1-8-7-5-3-2-4-6-7;1-4-2-3-7-6(5(4)8)12(9,10)11/h2-6,8H,1H3;2-3,8H,1H3,(H,9,10,11). The van der Waals surface area contributed by atoms with Gasteiger partial charge in [-0.15, -0.1) is 0 Å². The Bertz CT molecular complexity index is 657. The maximum absolute atomic E-state index is 10.5. The van der Waals surface area contributed by atoms with Crippen LogP contribution in [0.5, 0.6) is 5.75 Å². The van der Waals surface area contributed by atoms with Crippen molar-refractivity contribution in [2.45, 2.75) is 11.9 Å². The number of hydrogen-bond acceptors (Lipinski definition) is 5. The summed E-state index contributed by atoms with van der Waals surface area (Å²) in [6, 6.07) is 11.5. The van der Waals surface area contributed by atoms with E-state index in [1.807, 2.05) is 37.4 Å². The van der Waals surface area contributed by atoms with Gasteiger partial charge >= 0.3 is 10.1 Å². The molecule has 0 atom stereocenters. The highest BCUT2D eigenvalue weighted by Gasteiger charge is 2.17. The van der Waals surface area contributed by atoms with E-state index in [1.165, 1.54) is 19.2 Å². The molecule has 1 aromatic heterocycles. The van der Waals surface area contributed by atoms with E-state index in [-0.39, 0.29) is 0 Å². The van der Waals surface area contributed by atoms with E-state index in [0.717, 1.165) is 5.69 Å². The predicted octanol–water partition coefficient (Wildman–Crippen LogP) is 2.07. The van der Waals surface area contributed by atoms with Crippen LogP contribution in [0.1, 0.15) is 5.56 Å². The van der Waals surface area contributed by atoms with Crippen LogP contribution in [0.3, 0.4) is 0 Å². The van der Waals surface area contributed by atoms with Crippen molar-refractivity contribution in [2.24, 2.45) is 0 Å². The van der Waals surface area contributed by atoms with Gasteiger partial charge in [0.1, 0.15) is 0 Å². The molecule has 0 bridgehead atoms. The van der Waals surface area contributed by atoms with E-state index in [1.54, 1.807) is 0 Å². The Balaban J connectivity index is 0.000000217. The number of nitrogens with zero attached hydrogens (tertiary/aromatic N) is 1. The third-order valence-corrected chi connectivity index (χ3v) is 3.19. The van der Waals surface area contributed by atoms with Crippen LogP contribution < -0.4 is 5.32 Å². The zero-order valence-electron chi connectivity index (χ0n) is 11.1. The summed E-state index contributed by atoms with van der Waals surface area (Å²) in [6.45, 7) is 1.51. The number of aromatic nitrogens is 1. The molecule has 0 spiro atoms. The zero-order valence-corrected chi connectivity index (χ0v) is 11.9. The number of hydrogen-bond donors (Lipinski definition) is 3. The fraction of sp³-hybridized carbons (Fsp3) is 0.154. The Morgan fingerprint density at radius 2 is 1.75 bits per heavy atom. The van der Waals surface area contributed by atoms with Gasteiger partial charge in [-0.3, -0.25) is 4.55 Å². The van der Waals surface area contributed by atoms with Gasteiger partial charge in [0, 0.05) is 18.9 Å². The molecule has 0 saturated heterocycles. The van der Waals surface area contributed by atoms with Crippen LogP contribution in [-0.4, -0.2) is 30.1 Å². The molecule has 3 N–H and O–H groups in total. The lowest BCUT2D eigenvalue weighted by Gasteiger charge is -2.01. The highest BCUT2D eigenvalue weighted by Crippen LogP contribution is 2.22. The Labute approximate surface area is 117 Å². The first-order valence-electron chi connectivity index (χ1n) is 5.71. The molecule has 0 aliphatic rings. The van der Waals surface area contributed by atoms with E-state index in [4.69, 9.17) is 9.66 Å². The second-order valence-electron chi connectivity index (χ2n) is 3.87. The van der Waals surface area contributed by atoms with Gasteiger partial charge in [0.15, 0.2) is 5.75 Å². The molecule has 0 unspecified atom stereocenters. The van der Waals surface area contributed by atoms with E-state index in [2.05, 4.69) is 10.3 Å². The number of aromatic hydroxyl groups is 1. The number of anilines is 1. The van der Waals surface area contributed by atoms with Crippen LogP contribution in [-0.2, 0) is 10.1 Å². The molecule has 6 nitrogen and oxygen atoms in total. The van der Waals surface area contributed by atoms with Crippen molar-refractivity contribution >= 4 is 15.8 Å². The van der Waals surface area contributed by atoms with Gasteiger partial charge in [-0.05, 0) is 30.7 Å². The van der Waals surface area contributed by atoms with Gasteiger partial charge < -0.3 is 10.4 Å². The zero-order chi connectivity index (χ0) is 15.2. The summed E-state index contributed by atoms with van der Waals surface area (Å²) in [5, 5.41) is 11.5. The van der Waals surface area contributed by atoms with Crippen molar-refractivity contribution in [3.05, 3.63) is 48.2 Å². The highest BCUT2D eigenvalue weighted by atomic mass is 32.2. The fourth-order valence-electron chi connectivity index (χ4n) is 1.32. The number of benzene rings is 1. The van der Waals surface area contributed by atoms with Crippen molar-refractivity contribution in [1.29, 1.82) is 0 Å². The quantitative estimate of drug-likeness (QED) is 0.734. The van der Waals surface area contributed by atoms with E-state index >= 15 is 0 Å². The third kappa shape index (κ3) is 4.52. The minimum absolute atomic E-state index is 0.345. The second-order valence-corrected chi connectivity index (χ2v) is 5.21. The molecule has 0 radical (unpaired) electrons. The van der Waals surface area contributed by atoms with Crippen LogP contribution in [0, 0.1) is 6.92 Å². The molecule has 20 heavy (non-hydrogen) atoms. The minimum atomic E-state index is -4.42. The maximum atomic E-state index is 10.5. The summed E-state index contributed by atoms with van der Waals surface area (Å²) >= 11 is 0. The van der Waals surface area contributed by atoms with Crippen molar-refractivity contribution in [1.82, 2.24) is 4.98 Å². The summed E-state index contributed by atoms with van der Waals surface area (Å²) in [7, 11) is -2.51. The number of aryl methyl sites for hydroxylation is 1. The summed E-state index contributed by atoms with van der Waals surface area (Å²) in [6.07, 6.45) is 1.19. The third-order valence-electron chi connectivity index (χ3n) is 2.40. The summed E-state index contributed by atoms with van der Waals surface area (Å²) in [5.74, 6) is -0.514.